The molecule has 2 saturated heterocycles. The number of ether oxygens (including phenoxy) is 2. The number of rotatable bonds is 4. The lowest BCUT2D eigenvalue weighted by molar-refractivity contribution is -0.137. The first kappa shape index (κ1) is 17.0. The fourth-order valence-corrected chi connectivity index (χ4v) is 2.70. The fraction of sp³-hybridized carbons (Fsp3) is 0.867. The molecule has 0 spiro atoms. The van der Waals surface area contributed by atoms with Gasteiger partial charge in [0, 0.05) is 26.2 Å². The maximum Gasteiger partial charge on any atom is 0.318 e. The van der Waals surface area contributed by atoms with Crippen LogP contribution in [-0.4, -0.2) is 80.4 Å². The Bertz CT molecular complexity index is 377. The van der Waals surface area contributed by atoms with Crippen molar-refractivity contribution in [1.82, 2.24) is 15.1 Å². The maximum atomic E-state index is 12.7. The molecule has 0 unspecified atom stereocenters. The Balaban J connectivity index is 1.95. The first-order valence-corrected chi connectivity index (χ1v) is 8.07. The van der Waals surface area contributed by atoms with Crippen LogP contribution in [0.1, 0.15) is 20.3 Å². The predicted molar refractivity (Wildman–Crippen MR) is 81.6 cm³/mol. The summed E-state index contributed by atoms with van der Waals surface area (Å²) in [5.41, 5.74) is 0. The lowest BCUT2D eigenvalue weighted by Crippen LogP contribution is -2.56. The highest BCUT2D eigenvalue weighted by molar-refractivity contribution is 5.87. The minimum Gasteiger partial charge on any atom is -0.378 e. The second-order valence-corrected chi connectivity index (χ2v) is 6.17. The molecule has 0 aliphatic carbocycles. The molecule has 0 aromatic rings. The van der Waals surface area contributed by atoms with Gasteiger partial charge in [0.2, 0.25) is 5.91 Å². The summed E-state index contributed by atoms with van der Waals surface area (Å²) in [4.78, 5) is 28.5. The van der Waals surface area contributed by atoms with Crippen molar-refractivity contribution in [3.05, 3.63) is 0 Å². The topological polar surface area (TPSA) is 71.1 Å². The Morgan fingerprint density at radius 3 is 1.95 bits per heavy atom. The third-order valence-electron chi connectivity index (χ3n) is 3.92. The summed E-state index contributed by atoms with van der Waals surface area (Å²) in [6.07, 6.45) is 0.645. The number of hydrogen-bond donors (Lipinski definition) is 1. The summed E-state index contributed by atoms with van der Waals surface area (Å²) in [6, 6.07) is -0.635. The van der Waals surface area contributed by atoms with E-state index in [0.29, 0.717) is 64.9 Å². The molecule has 7 heteroatoms. The van der Waals surface area contributed by atoms with Crippen LogP contribution in [0, 0.1) is 5.92 Å². The van der Waals surface area contributed by atoms with Gasteiger partial charge in [0.1, 0.15) is 6.04 Å². The molecule has 1 atom stereocenters. The molecule has 3 amide bonds. The maximum absolute atomic E-state index is 12.7. The molecule has 2 aliphatic rings. The summed E-state index contributed by atoms with van der Waals surface area (Å²) >= 11 is 0. The van der Waals surface area contributed by atoms with E-state index in [1.807, 2.05) is 0 Å². The van der Waals surface area contributed by atoms with Crippen LogP contribution in [0.4, 0.5) is 4.79 Å². The van der Waals surface area contributed by atoms with Crippen molar-refractivity contribution in [2.75, 3.05) is 52.6 Å². The van der Waals surface area contributed by atoms with E-state index in [1.54, 1.807) is 9.80 Å². The molecule has 0 bridgehead atoms. The highest BCUT2D eigenvalue weighted by Gasteiger charge is 2.29. The van der Waals surface area contributed by atoms with Crippen LogP contribution in [-0.2, 0) is 14.3 Å². The zero-order valence-electron chi connectivity index (χ0n) is 13.5. The Morgan fingerprint density at radius 1 is 0.955 bits per heavy atom. The molecule has 0 saturated carbocycles. The van der Waals surface area contributed by atoms with Gasteiger partial charge in [-0.15, -0.1) is 0 Å². The Labute approximate surface area is 131 Å². The van der Waals surface area contributed by atoms with Crippen LogP contribution >= 0.6 is 0 Å². The number of hydrogen-bond acceptors (Lipinski definition) is 4. The van der Waals surface area contributed by atoms with E-state index in [4.69, 9.17) is 9.47 Å². The highest BCUT2D eigenvalue weighted by atomic mass is 16.5. The van der Waals surface area contributed by atoms with Crippen LogP contribution in [0.3, 0.4) is 0 Å². The van der Waals surface area contributed by atoms with Crippen LogP contribution < -0.4 is 5.32 Å². The first-order chi connectivity index (χ1) is 10.6. The molecule has 2 rings (SSSR count). The minimum atomic E-state index is -0.464. The van der Waals surface area contributed by atoms with E-state index in [9.17, 15) is 9.59 Å². The number of morpholine rings is 2. The van der Waals surface area contributed by atoms with Crippen molar-refractivity contribution in [3.8, 4) is 0 Å². The summed E-state index contributed by atoms with van der Waals surface area (Å²) < 4.78 is 10.5. The van der Waals surface area contributed by atoms with Gasteiger partial charge in [-0.05, 0) is 12.3 Å². The van der Waals surface area contributed by atoms with Crippen molar-refractivity contribution < 1.29 is 19.1 Å². The van der Waals surface area contributed by atoms with Gasteiger partial charge in [-0.1, -0.05) is 13.8 Å². The standard InChI is InChI=1S/C15H27N3O4/c1-12(2)11-13(14(19)17-3-7-21-8-4-17)16-15(20)18-5-9-22-10-6-18/h12-13H,3-11H2,1-2H3,(H,16,20)/t13-/m1/s1. The Kier molecular flexibility index (Phi) is 6.45. The monoisotopic (exact) mass is 313 g/mol. The molecule has 0 aromatic heterocycles. The van der Waals surface area contributed by atoms with Gasteiger partial charge >= 0.3 is 6.03 Å². The number of carbonyl (C=O) groups is 2. The lowest BCUT2D eigenvalue weighted by Gasteiger charge is -2.33. The van der Waals surface area contributed by atoms with Crippen molar-refractivity contribution in [2.24, 2.45) is 5.92 Å². The molecular formula is C15H27N3O4. The van der Waals surface area contributed by atoms with Gasteiger partial charge in [0.05, 0.1) is 26.4 Å². The minimum absolute atomic E-state index is 0.00129. The zero-order chi connectivity index (χ0) is 15.9. The van der Waals surface area contributed by atoms with Gasteiger partial charge < -0.3 is 24.6 Å². The van der Waals surface area contributed by atoms with Gasteiger partial charge in [-0.2, -0.15) is 0 Å². The van der Waals surface area contributed by atoms with E-state index in [-0.39, 0.29) is 11.9 Å². The molecule has 126 valence electrons. The van der Waals surface area contributed by atoms with Gasteiger partial charge in [0.15, 0.2) is 0 Å². The summed E-state index contributed by atoms with van der Waals surface area (Å²) in [7, 11) is 0. The normalized spacial score (nSPS) is 20.9. The molecule has 0 aromatic carbocycles. The lowest BCUT2D eigenvalue weighted by atomic mass is 10.0. The first-order valence-electron chi connectivity index (χ1n) is 8.07. The molecule has 1 N–H and O–H groups in total. The zero-order valence-corrected chi connectivity index (χ0v) is 13.5. The molecule has 2 aliphatic heterocycles. The molecule has 0 radical (unpaired) electrons. The third-order valence-corrected chi connectivity index (χ3v) is 3.92. The van der Waals surface area contributed by atoms with Crippen LogP contribution in [0.25, 0.3) is 0 Å². The number of nitrogens with zero attached hydrogens (tertiary/aromatic N) is 2. The van der Waals surface area contributed by atoms with E-state index in [1.165, 1.54) is 0 Å². The van der Waals surface area contributed by atoms with E-state index in [0.717, 1.165) is 0 Å². The quantitative estimate of drug-likeness (QED) is 0.810. The predicted octanol–water partition coefficient (Wildman–Crippen LogP) is 0.302. The van der Waals surface area contributed by atoms with Crippen molar-refractivity contribution >= 4 is 11.9 Å². The number of amides is 3. The van der Waals surface area contributed by atoms with E-state index < -0.39 is 6.04 Å². The van der Waals surface area contributed by atoms with E-state index >= 15 is 0 Å². The summed E-state index contributed by atoms with van der Waals surface area (Å²) in [6.45, 7) is 8.70. The van der Waals surface area contributed by atoms with Crippen molar-refractivity contribution in [2.45, 2.75) is 26.3 Å². The van der Waals surface area contributed by atoms with Crippen LogP contribution in [0.5, 0.6) is 0 Å². The van der Waals surface area contributed by atoms with Gasteiger partial charge in [-0.25, -0.2) is 4.79 Å². The van der Waals surface area contributed by atoms with E-state index in [2.05, 4.69) is 19.2 Å². The van der Waals surface area contributed by atoms with Crippen LogP contribution in [0.15, 0.2) is 0 Å². The van der Waals surface area contributed by atoms with Crippen molar-refractivity contribution in [3.63, 3.8) is 0 Å². The second kappa shape index (κ2) is 8.33. The average molecular weight is 313 g/mol. The smallest absolute Gasteiger partial charge is 0.318 e. The molecule has 7 nitrogen and oxygen atoms in total. The summed E-state index contributed by atoms with van der Waals surface area (Å²) in [5, 5.41) is 2.91. The largest absolute Gasteiger partial charge is 0.378 e. The van der Waals surface area contributed by atoms with Crippen molar-refractivity contribution in [1.29, 1.82) is 0 Å². The molecular weight excluding hydrogens is 286 g/mol. The summed E-state index contributed by atoms with van der Waals surface area (Å²) in [5.74, 6) is 0.332. The average Bonchev–Trinajstić information content (AvgIpc) is 2.54. The third kappa shape index (κ3) is 4.84. The van der Waals surface area contributed by atoms with Gasteiger partial charge in [-0.3, -0.25) is 4.79 Å². The number of carbonyl (C=O) groups excluding carboxylic acids is 2. The molecule has 2 fully saturated rings. The second-order valence-electron chi connectivity index (χ2n) is 6.17. The van der Waals surface area contributed by atoms with Crippen LogP contribution in [0.2, 0.25) is 0 Å². The molecule has 2 heterocycles. The Morgan fingerprint density at radius 2 is 1.45 bits per heavy atom. The SMILES string of the molecule is CC(C)C[C@@H](NC(=O)N1CCOCC1)C(=O)N1CCOCC1. The number of nitrogens with one attached hydrogen (secondary N) is 1. The Hall–Kier alpha value is -1.34. The van der Waals surface area contributed by atoms with Gasteiger partial charge in [0.25, 0.3) is 0 Å². The highest BCUT2D eigenvalue weighted by Crippen LogP contribution is 2.11. The fourth-order valence-electron chi connectivity index (χ4n) is 2.70. The number of urea groups is 1. The molecule has 22 heavy (non-hydrogen) atoms.